The highest BCUT2D eigenvalue weighted by molar-refractivity contribution is 6.42. The van der Waals surface area contributed by atoms with Crippen LogP contribution in [0.25, 0.3) is 0 Å². The summed E-state index contributed by atoms with van der Waals surface area (Å²) in [6.07, 6.45) is 6.29. The molecule has 0 radical (unpaired) electrons. The molecule has 2 unspecified atom stereocenters. The quantitative estimate of drug-likeness (QED) is 0.424. The lowest BCUT2D eigenvalue weighted by atomic mass is 9.86. The molecular formula is C25H23Cl2N5O2. The Bertz CT molecular complexity index is 1200. The van der Waals surface area contributed by atoms with E-state index < -0.39 is 0 Å². The lowest BCUT2D eigenvalue weighted by Crippen LogP contribution is -2.29. The molecule has 174 valence electrons. The number of nitrogens with zero attached hydrogens (tertiary/aromatic N) is 5. The van der Waals surface area contributed by atoms with Gasteiger partial charge in [0.15, 0.2) is 0 Å². The normalized spacial score (nSPS) is 17.4. The molecule has 0 saturated carbocycles. The Balaban J connectivity index is 1.44. The molecule has 1 fully saturated rings. The van der Waals surface area contributed by atoms with Crippen molar-refractivity contribution in [3.63, 3.8) is 0 Å². The van der Waals surface area contributed by atoms with Crippen molar-refractivity contribution >= 4 is 29.1 Å². The van der Waals surface area contributed by atoms with Gasteiger partial charge in [-0.3, -0.25) is 4.79 Å². The molecule has 1 aliphatic heterocycles. The van der Waals surface area contributed by atoms with Gasteiger partial charge in [-0.25, -0.2) is 15.0 Å². The van der Waals surface area contributed by atoms with Gasteiger partial charge in [-0.1, -0.05) is 29.3 Å². The third-order valence-electron chi connectivity index (χ3n) is 5.96. The maximum absolute atomic E-state index is 13.1. The molecule has 2 atom stereocenters. The van der Waals surface area contributed by atoms with Crippen LogP contribution in [0.1, 0.15) is 46.1 Å². The van der Waals surface area contributed by atoms with Crippen LogP contribution in [0, 0.1) is 24.2 Å². The molecule has 1 amide bonds. The fraction of sp³-hybridized carbons (Fsp3) is 0.320. The molecule has 0 N–H and O–H groups in total. The minimum atomic E-state index is -0.0782. The standard InChI is InChI=1S/C25H23Cl2N5O2/c1-16-29-12-20(13-30-16)25(33)32-14-19(21(15-32)18-5-6-22(26)23(27)9-18)3-2-8-34-24-7-4-17(10-28)11-31-24/h4-7,9,11-13,19,21H,2-3,8,14-15H2,1H3. The monoisotopic (exact) mass is 495 g/mol. The van der Waals surface area contributed by atoms with E-state index >= 15 is 0 Å². The number of halogens is 2. The molecule has 2 aromatic heterocycles. The molecule has 1 aliphatic rings. The summed E-state index contributed by atoms with van der Waals surface area (Å²) in [6.45, 7) is 3.47. The van der Waals surface area contributed by atoms with E-state index in [-0.39, 0.29) is 17.7 Å². The van der Waals surface area contributed by atoms with E-state index in [1.165, 1.54) is 6.20 Å². The van der Waals surface area contributed by atoms with Crippen molar-refractivity contribution in [2.75, 3.05) is 19.7 Å². The molecule has 1 aromatic carbocycles. The average Bonchev–Trinajstić information content (AvgIpc) is 3.28. The number of hydrogen-bond donors (Lipinski definition) is 0. The topological polar surface area (TPSA) is 92.0 Å². The van der Waals surface area contributed by atoms with Crippen LogP contribution in [0.15, 0.2) is 48.9 Å². The molecule has 1 saturated heterocycles. The third kappa shape index (κ3) is 5.64. The number of aryl methyl sites for hydroxylation is 1. The zero-order valence-corrected chi connectivity index (χ0v) is 20.1. The second-order valence-electron chi connectivity index (χ2n) is 8.26. The molecule has 4 rings (SSSR count). The molecule has 34 heavy (non-hydrogen) atoms. The Morgan fingerprint density at radius 1 is 1.12 bits per heavy atom. The summed E-state index contributed by atoms with van der Waals surface area (Å²) in [5, 5.41) is 9.89. The number of carbonyl (C=O) groups excluding carboxylic acids is 1. The fourth-order valence-corrected chi connectivity index (χ4v) is 4.50. The van der Waals surface area contributed by atoms with E-state index in [0.717, 1.165) is 18.4 Å². The zero-order valence-electron chi connectivity index (χ0n) is 18.6. The van der Waals surface area contributed by atoms with Gasteiger partial charge in [0, 0.05) is 43.7 Å². The number of carbonyl (C=O) groups is 1. The minimum absolute atomic E-state index is 0.0782. The molecule has 3 aromatic rings. The van der Waals surface area contributed by atoms with Gasteiger partial charge in [-0.2, -0.15) is 5.26 Å². The van der Waals surface area contributed by atoms with Crippen LogP contribution in [0.5, 0.6) is 5.88 Å². The largest absolute Gasteiger partial charge is 0.478 e. The van der Waals surface area contributed by atoms with Crippen LogP contribution in [0.4, 0.5) is 0 Å². The van der Waals surface area contributed by atoms with Crippen LogP contribution in [-0.2, 0) is 0 Å². The Morgan fingerprint density at radius 3 is 2.59 bits per heavy atom. The van der Waals surface area contributed by atoms with E-state index in [0.29, 0.717) is 52.6 Å². The Hall–Kier alpha value is -3.21. The zero-order chi connectivity index (χ0) is 24.1. The van der Waals surface area contributed by atoms with Gasteiger partial charge in [0.2, 0.25) is 5.88 Å². The summed E-state index contributed by atoms with van der Waals surface area (Å²) in [5.41, 5.74) is 2.03. The number of hydrogen-bond acceptors (Lipinski definition) is 6. The molecule has 0 spiro atoms. The van der Waals surface area contributed by atoms with Crippen molar-refractivity contribution < 1.29 is 9.53 Å². The van der Waals surface area contributed by atoms with Crippen molar-refractivity contribution in [2.24, 2.45) is 5.92 Å². The number of benzene rings is 1. The van der Waals surface area contributed by atoms with Gasteiger partial charge >= 0.3 is 0 Å². The van der Waals surface area contributed by atoms with Gasteiger partial charge in [-0.05, 0) is 49.4 Å². The molecule has 0 bridgehead atoms. The van der Waals surface area contributed by atoms with Gasteiger partial charge in [0.1, 0.15) is 11.9 Å². The van der Waals surface area contributed by atoms with Crippen LogP contribution in [0.3, 0.4) is 0 Å². The van der Waals surface area contributed by atoms with Gasteiger partial charge < -0.3 is 9.64 Å². The summed E-state index contributed by atoms with van der Waals surface area (Å²) >= 11 is 12.4. The first-order valence-corrected chi connectivity index (χ1v) is 11.7. The van der Waals surface area contributed by atoms with Crippen LogP contribution in [-0.4, -0.2) is 45.5 Å². The van der Waals surface area contributed by atoms with Gasteiger partial charge in [0.25, 0.3) is 5.91 Å². The van der Waals surface area contributed by atoms with Crippen molar-refractivity contribution in [3.05, 3.63) is 81.5 Å². The van der Waals surface area contributed by atoms with Gasteiger partial charge in [-0.15, -0.1) is 0 Å². The van der Waals surface area contributed by atoms with Crippen LogP contribution in [0.2, 0.25) is 10.0 Å². The van der Waals surface area contributed by atoms with Crippen molar-refractivity contribution in [3.8, 4) is 11.9 Å². The van der Waals surface area contributed by atoms with Crippen LogP contribution >= 0.6 is 23.2 Å². The molecule has 3 heterocycles. The lowest BCUT2D eigenvalue weighted by Gasteiger charge is -2.19. The van der Waals surface area contributed by atoms with Crippen molar-refractivity contribution in [1.82, 2.24) is 19.9 Å². The average molecular weight is 496 g/mol. The summed E-state index contributed by atoms with van der Waals surface area (Å²) in [7, 11) is 0. The molecule has 9 heteroatoms. The smallest absolute Gasteiger partial charge is 0.257 e. The number of nitriles is 1. The number of likely N-dealkylation sites (tertiary alicyclic amines) is 1. The first-order valence-electron chi connectivity index (χ1n) is 11.0. The van der Waals surface area contributed by atoms with E-state index in [4.69, 9.17) is 33.2 Å². The van der Waals surface area contributed by atoms with E-state index in [1.54, 1.807) is 37.5 Å². The highest BCUT2D eigenvalue weighted by Gasteiger charge is 2.36. The van der Waals surface area contributed by atoms with E-state index in [2.05, 4.69) is 15.0 Å². The molecule has 0 aliphatic carbocycles. The second kappa shape index (κ2) is 10.8. The maximum Gasteiger partial charge on any atom is 0.257 e. The highest BCUT2D eigenvalue weighted by Crippen LogP contribution is 2.38. The highest BCUT2D eigenvalue weighted by atomic mass is 35.5. The number of aromatic nitrogens is 3. The van der Waals surface area contributed by atoms with E-state index in [1.807, 2.05) is 23.1 Å². The predicted octanol–water partition coefficient (Wildman–Crippen LogP) is 5.07. The maximum atomic E-state index is 13.1. The second-order valence-corrected chi connectivity index (χ2v) is 9.07. The Labute approximate surface area is 208 Å². The Kier molecular flexibility index (Phi) is 7.61. The fourth-order valence-electron chi connectivity index (χ4n) is 4.19. The van der Waals surface area contributed by atoms with Gasteiger partial charge in [0.05, 0.1) is 27.8 Å². The molecular weight excluding hydrogens is 473 g/mol. The van der Waals surface area contributed by atoms with Crippen molar-refractivity contribution in [2.45, 2.75) is 25.7 Å². The number of amides is 1. The predicted molar refractivity (Wildman–Crippen MR) is 129 cm³/mol. The minimum Gasteiger partial charge on any atom is -0.478 e. The molecule has 7 nitrogen and oxygen atoms in total. The SMILES string of the molecule is Cc1ncc(C(=O)N2CC(CCCOc3ccc(C#N)cn3)C(c3ccc(Cl)c(Cl)c3)C2)cn1. The Morgan fingerprint density at radius 2 is 1.91 bits per heavy atom. The van der Waals surface area contributed by atoms with E-state index in [9.17, 15) is 4.79 Å². The third-order valence-corrected chi connectivity index (χ3v) is 6.70. The number of rotatable bonds is 7. The summed E-state index contributed by atoms with van der Waals surface area (Å²) in [4.78, 5) is 27.4. The summed E-state index contributed by atoms with van der Waals surface area (Å²) in [5.74, 6) is 1.39. The number of ether oxygens (including phenoxy) is 1. The summed E-state index contributed by atoms with van der Waals surface area (Å²) < 4.78 is 5.74. The lowest BCUT2D eigenvalue weighted by molar-refractivity contribution is 0.0784. The first-order chi connectivity index (χ1) is 16.4. The van der Waals surface area contributed by atoms with Crippen LogP contribution < -0.4 is 4.74 Å². The summed E-state index contributed by atoms with van der Waals surface area (Å²) in [6, 6.07) is 11.1. The number of pyridine rings is 1. The first kappa shape index (κ1) is 23.9. The van der Waals surface area contributed by atoms with Crippen molar-refractivity contribution in [1.29, 1.82) is 5.26 Å².